The molecule has 37 heavy (non-hydrogen) atoms. The van der Waals surface area contributed by atoms with Gasteiger partial charge in [-0.05, 0) is 68.9 Å². The molecule has 0 unspecified atom stereocenters. The van der Waals surface area contributed by atoms with Crippen molar-refractivity contribution in [3.05, 3.63) is 54.2 Å². The van der Waals surface area contributed by atoms with Crippen LogP contribution in [0.3, 0.4) is 0 Å². The summed E-state index contributed by atoms with van der Waals surface area (Å²) in [5.41, 5.74) is 10.3. The Morgan fingerprint density at radius 3 is 2.49 bits per heavy atom. The summed E-state index contributed by atoms with van der Waals surface area (Å²) in [6.45, 7) is 1.39. The van der Waals surface area contributed by atoms with Crippen molar-refractivity contribution in [2.45, 2.75) is 56.7 Å². The van der Waals surface area contributed by atoms with Gasteiger partial charge < -0.3 is 15.4 Å². The minimum absolute atomic E-state index is 0.0991. The molecule has 0 bridgehead atoms. The van der Waals surface area contributed by atoms with Crippen LogP contribution in [0.25, 0.3) is 28.0 Å². The van der Waals surface area contributed by atoms with Crippen LogP contribution in [0.15, 0.2) is 42.9 Å². The highest BCUT2D eigenvalue weighted by molar-refractivity contribution is 5.97. The molecule has 9 nitrogen and oxygen atoms in total. The van der Waals surface area contributed by atoms with E-state index in [1.165, 1.54) is 12.4 Å². The van der Waals surface area contributed by atoms with Gasteiger partial charge in [-0.1, -0.05) is 0 Å². The summed E-state index contributed by atoms with van der Waals surface area (Å²) in [6, 6.07) is 9.34. The Hall–Kier alpha value is -3.79. The lowest BCUT2D eigenvalue weighted by Gasteiger charge is -2.24. The number of aromatic nitrogens is 5. The first-order valence-corrected chi connectivity index (χ1v) is 13.0. The zero-order valence-corrected chi connectivity index (χ0v) is 20.4. The molecule has 3 aromatic heterocycles. The van der Waals surface area contributed by atoms with Crippen LogP contribution >= 0.6 is 0 Å². The van der Waals surface area contributed by atoms with Gasteiger partial charge in [0.05, 0.1) is 23.0 Å². The molecule has 190 valence electrons. The fourth-order valence-electron chi connectivity index (χ4n) is 5.54. The topological polar surface area (TPSA) is 104 Å². The van der Waals surface area contributed by atoms with Gasteiger partial charge in [0, 0.05) is 42.6 Å². The number of carbonyl (C=O) groups excluding carboxylic acids is 1. The lowest BCUT2D eigenvalue weighted by molar-refractivity contribution is 0.0667. The first-order chi connectivity index (χ1) is 18.1. The third kappa shape index (κ3) is 3.87. The molecule has 2 aliphatic carbocycles. The Labute approximate surface area is 213 Å². The van der Waals surface area contributed by atoms with E-state index in [9.17, 15) is 4.79 Å². The van der Waals surface area contributed by atoms with Crippen LogP contribution in [0.1, 0.15) is 54.9 Å². The van der Waals surface area contributed by atoms with E-state index >= 15 is 4.39 Å². The SMILES string of the molecule is Nc1ncnn2c(-c3ccc(F)c(C(=O)N(C4CC4)C4CC4)c3)cc(-c3ccnn3C3CCOCC3)c12. The maximum atomic E-state index is 15.0. The second-order valence-electron chi connectivity index (χ2n) is 10.2. The summed E-state index contributed by atoms with van der Waals surface area (Å²) in [6.07, 6.45) is 8.92. The van der Waals surface area contributed by atoms with E-state index in [1.807, 2.05) is 21.7 Å². The summed E-state index contributed by atoms with van der Waals surface area (Å²) < 4.78 is 24.3. The number of hydrogen-bond donors (Lipinski definition) is 1. The van der Waals surface area contributed by atoms with Crippen LogP contribution in [0.4, 0.5) is 10.2 Å². The lowest BCUT2D eigenvalue weighted by Crippen LogP contribution is -2.35. The Morgan fingerprint density at radius 1 is 1.00 bits per heavy atom. The number of halogens is 1. The molecule has 1 aliphatic heterocycles. The molecule has 1 aromatic carbocycles. The molecule has 2 N–H and O–H groups in total. The highest BCUT2D eigenvalue weighted by Crippen LogP contribution is 2.40. The molecule has 10 heteroatoms. The van der Waals surface area contributed by atoms with Gasteiger partial charge in [0.25, 0.3) is 5.91 Å². The van der Waals surface area contributed by atoms with Crippen molar-refractivity contribution in [1.82, 2.24) is 29.3 Å². The first-order valence-electron chi connectivity index (χ1n) is 13.0. The van der Waals surface area contributed by atoms with Crippen molar-refractivity contribution in [3.63, 3.8) is 0 Å². The maximum Gasteiger partial charge on any atom is 0.257 e. The quantitative estimate of drug-likeness (QED) is 0.427. The van der Waals surface area contributed by atoms with E-state index in [2.05, 4.69) is 15.2 Å². The number of rotatable bonds is 6. The lowest BCUT2D eigenvalue weighted by atomic mass is 10.0. The molecule has 0 radical (unpaired) electrons. The van der Waals surface area contributed by atoms with Crippen molar-refractivity contribution in [1.29, 1.82) is 0 Å². The Kier molecular flexibility index (Phi) is 5.24. The third-order valence-electron chi connectivity index (χ3n) is 7.67. The molecule has 0 spiro atoms. The van der Waals surface area contributed by atoms with E-state index in [4.69, 9.17) is 10.5 Å². The number of amides is 1. The van der Waals surface area contributed by atoms with E-state index < -0.39 is 5.82 Å². The molecule has 3 aliphatic rings. The number of nitrogen functional groups attached to an aromatic ring is 1. The summed E-state index contributed by atoms with van der Waals surface area (Å²) in [4.78, 5) is 19.6. The fraction of sp³-hybridized carbons (Fsp3) is 0.407. The first kappa shape index (κ1) is 22.4. The van der Waals surface area contributed by atoms with Gasteiger partial charge in [0.2, 0.25) is 0 Å². The van der Waals surface area contributed by atoms with E-state index in [-0.39, 0.29) is 29.6 Å². The van der Waals surface area contributed by atoms with Gasteiger partial charge in [0.1, 0.15) is 17.7 Å². The van der Waals surface area contributed by atoms with E-state index in [0.29, 0.717) is 35.8 Å². The van der Waals surface area contributed by atoms with Crippen molar-refractivity contribution in [3.8, 4) is 22.5 Å². The van der Waals surface area contributed by atoms with Gasteiger partial charge >= 0.3 is 0 Å². The van der Waals surface area contributed by atoms with Crippen molar-refractivity contribution in [2.24, 2.45) is 0 Å². The summed E-state index contributed by atoms with van der Waals surface area (Å²) in [5.74, 6) is -0.395. The zero-order chi connectivity index (χ0) is 25.1. The highest BCUT2D eigenvalue weighted by Gasteiger charge is 2.43. The van der Waals surface area contributed by atoms with Crippen LogP contribution in [0.5, 0.6) is 0 Å². The second-order valence-corrected chi connectivity index (χ2v) is 10.2. The Bertz CT molecular complexity index is 1490. The predicted octanol–water partition coefficient (Wildman–Crippen LogP) is 4.10. The number of hydrogen-bond acceptors (Lipinski definition) is 6. The number of fused-ring (bicyclic) bond motifs is 1. The van der Waals surface area contributed by atoms with Crippen LogP contribution in [-0.2, 0) is 4.74 Å². The fourth-order valence-corrected chi connectivity index (χ4v) is 5.54. The van der Waals surface area contributed by atoms with Gasteiger partial charge in [-0.15, -0.1) is 0 Å². The average molecular weight is 502 g/mol. The van der Waals surface area contributed by atoms with Gasteiger partial charge in [-0.3, -0.25) is 9.48 Å². The minimum Gasteiger partial charge on any atom is -0.382 e. The molecule has 1 amide bonds. The number of benzene rings is 1. The number of nitrogens with two attached hydrogens (primary N) is 1. The number of anilines is 1. The Balaban J connectivity index is 1.34. The normalized spacial score (nSPS) is 18.4. The van der Waals surface area contributed by atoms with Gasteiger partial charge in [0.15, 0.2) is 5.82 Å². The molecular formula is C27H28FN7O2. The number of ether oxygens (including phenoxy) is 1. The monoisotopic (exact) mass is 501 g/mol. The molecule has 3 fully saturated rings. The summed E-state index contributed by atoms with van der Waals surface area (Å²) in [5, 5.41) is 9.10. The minimum atomic E-state index is -0.507. The predicted molar refractivity (Wildman–Crippen MR) is 135 cm³/mol. The van der Waals surface area contributed by atoms with Crippen molar-refractivity contribution >= 4 is 17.2 Å². The molecule has 7 rings (SSSR count). The van der Waals surface area contributed by atoms with Gasteiger partial charge in [-0.25, -0.2) is 13.9 Å². The molecule has 1 saturated heterocycles. The molecule has 2 saturated carbocycles. The zero-order valence-electron chi connectivity index (χ0n) is 20.4. The molecule has 4 heterocycles. The summed E-state index contributed by atoms with van der Waals surface area (Å²) >= 11 is 0. The Morgan fingerprint density at radius 2 is 1.76 bits per heavy atom. The molecular weight excluding hydrogens is 473 g/mol. The standard InChI is InChI=1S/C27H28FN7O2/c28-22-6-1-16(13-20(22)27(36)33(17-2-3-17)18-4-5-18)24-14-21(25-26(29)30-15-32-35(24)25)23-7-10-31-34(23)19-8-11-37-12-9-19/h1,6-7,10,13-15,17-19H,2-5,8-9,11-12H2,(H2,29,30,32). The van der Waals surface area contributed by atoms with Crippen LogP contribution in [-0.4, -0.2) is 60.5 Å². The van der Waals surface area contributed by atoms with E-state index in [1.54, 1.807) is 22.8 Å². The number of carbonyl (C=O) groups is 1. The van der Waals surface area contributed by atoms with Crippen molar-refractivity contribution < 1.29 is 13.9 Å². The van der Waals surface area contributed by atoms with Crippen molar-refractivity contribution in [2.75, 3.05) is 18.9 Å². The third-order valence-corrected chi connectivity index (χ3v) is 7.67. The average Bonchev–Trinajstić information content (AvgIpc) is 3.84. The van der Waals surface area contributed by atoms with Crippen LogP contribution in [0.2, 0.25) is 0 Å². The largest absolute Gasteiger partial charge is 0.382 e. The molecule has 0 atom stereocenters. The van der Waals surface area contributed by atoms with Crippen LogP contribution in [0, 0.1) is 5.82 Å². The molecule has 4 aromatic rings. The van der Waals surface area contributed by atoms with Crippen LogP contribution < -0.4 is 5.73 Å². The number of nitrogens with zero attached hydrogens (tertiary/aromatic N) is 6. The summed E-state index contributed by atoms with van der Waals surface area (Å²) in [7, 11) is 0. The smallest absolute Gasteiger partial charge is 0.257 e. The van der Waals surface area contributed by atoms with Gasteiger partial charge in [-0.2, -0.15) is 10.2 Å². The second kappa shape index (κ2) is 8.65. The van der Waals surface area contributed by atoms with E-state index in [0.717, 1.165) is 49.8 Å². The highest BCUT2D eigenvalue weighted by atomic mass is 19.1. The maximum absolute atomic E-state index is 15.0.